The van der Waals surface area contributed by atoms with Crippen molar-refractivity contribution < 1.29 is 0 Å². The molecule has 3 rings (SSSR count). The molecule has 1 aromatic heterocycles. The van der Waals surface area contributed by atoms with Gasteiger partial charge >= 0.3 is 0 Å². The van der Waals surface area contributed by atoms with Crippen molar-refractivity contribution in [3.63, 3.8) is 0 Å². The Hall–Kier alpha value is -2.69. The van der Waals surface area contributed by atoms with E-state index in [2.05, 4.69) is 97.9 Å². The average Bonchev–Trinajstić information content (AvgIpc) is 3.13. The molecule has 136 valence electrons. The summed E-state index contributed by atoms with van der Waals surface area (Å²) in [6, 6.07) is 14.8. The Morgan fingerprint density at radius 1 is 1.04 bits per heavy atom. The summed E-state index contributed by atoms with van der Waals surface area (Å²) < 4.78 is 1.90. The van der Waals surface area contributed by atoms with Crippen LogP contribution in [0.4, 0.5) is 5.69 Å². The Morgan fingerprint density at radius 3 is 2.42 bits per heavy atom. The van der Waals surface area contributed by atoms with Gasteiger partial charge in [0, 0.05) is 5.69 Å². The number of nitrogens with one attached hydrogen (secondary N) is 1. The van der Waals surface area contributed by atoms with E-state index in [1.165, 1.54) is 16.7 Å². The van der Waals surface area contributed by atoms with Gasteiger partial charge in [-0.05, 0) is 67.3 Å². The molecule has 0 radical (unpaired) electrons. The van der Waals surface area contributed by atoms with Crippen LogP contribution in [0.3, 0.4) is 0 Å². The Kier molecular flexibility index (Phi) is 5.07. The topological polar surface area (TPSA) is 55.6 Å². The van der Waals surface area contributed by atoms with E-state index in [4.69, 9.17) is 0 Å². The van der Waals surface area contributed by atoms with E-state index >= 15 is 0 Å². The molecule has 0 unspecified atom stereocenters. The zero-order valence-electron chi connectivity index (χ0n) is 16.2. The van der Waals surface area contributed by atoms with E-state index in [-0.39, 0.29) is 5.54 Å². The zero-order chi connectivity index (χ0) is 18.7. The van der Waals surface area contributed by atoms with E-state index in [0.717, 1.165) is 30.0 Å². The van der Waals surface area contributed by atoms with Crippen LogP contribution in [-0.2, 0) is 12.0 Å². The average molecular weight is 349 g/mol. The standard InChI is InChI=1S/C21H27N5/c1-6-17-10-8-9-16(4)19(17)26-20(23-24-25-26)21(5,7-2)22-18-13-11-15(3)12-14-18/h8-14,22H,6-7H2,1-5H3/t21-/m1/s1. The van der Waals surface area contributed by atoms with Gasteiger partial charge in [-0.3, -0.25) is 0 Å². The normalized spacial score (nSPS) is 13.4. The lowest BCUT2D eigenvalue weighted by Crippen LogP contribution is -2.35. The monoisotopic (exact) mass is 349 g/mol. The number of anilines is 1. The molecule has 0 saturated heterocycles. The number of aryl methyl sites for hydroxylation is 3. The molecule has 26 heavy (non-hydrogen) atoms. The number of nitrogens with zero attached hydrogens (tertiary/aromatic N) is 4. The molecule has 0 spiro atoms. The molecule has 1 heterocycles. The van der Waals surface area contributed by atoms with Gasteiger partial charge in [-0.1, -0.05) is 49.7 Å². The van der Waals surface area contributed by atoms with Crippen molar-refractivity contribution in [3.8, 4) is 5.69 Å². The number of hydrogen-bond acceptors (Lipinski definition) is 4. The summed E-state index contributed by atoms with van der Waals surface area (Å²) in [7, 11) is 0. The summed E-state index contributed by atoms with van der Waals surface area (Å²) in [4.78, 5) is 0. The third kappa shape index (κ3) is 3.34. The van der Waals surface area contributed by atoms with Crippen LogP contribution < -0.4 is 5.32 Å². The Bertz CT molecular complexity index is 882. The number of hydrogen-bond donors (Lipinski definition) is 1. The molecular formula is C21H27N5. The number of para-hydroxylation sites is 1. The molecule has 0 amide bonds. The van der Waals surface area contributed by atoms with Gasteiger partial charge in [0.2, 0.25) is 0 Å². The van der Waals surface area contributed by atoms with Crippen LogP contribution in [0, 0.1) is 13.8 Å². The fourth-order valence-corrected chi connectivity index (χ4v) is 3.25. The summed E-state index contributed by atoms with van der Waals surface area (Å²) in [6.45, 7) is 10.7. The van der Waals surface area contributed by atoms with Crippen LogP contribution in [0.5, 0.6) is 0 Å². The second-order valence-corrected chi connectivity index (χ2v) is 7.03. The van der Waals surface area contributed by atoms with Crippen molar-refractivity contribution in [3.05, 3.63) is 65.0 Å². The predicted molar refractivity (Wildman–Crippen MR) is 106 cm³/mol. The second kappa shape index (κ2) is 7.28. The van der Waals surface area contributed by atoms with Gasteiger partial charge in [0.1, 0.15) is 0 Å². The van der Waals surface area contributed by atoms with Crippen LogP contribution >= 0.6 is 0 Å². The number of rotatable bonds is 6. The Morgan fingerprint density at radius 2 is 1.77 bits per heavy atom. The summed E-state index contributed by atoms with van der Waals surface area (Å²) in [5, 5.41) is 16.4. The molecule has 2 aromatic carbocycles. The van der Waals surface area contributed by atoms with E-state index in [0.29, 0.717) is 0 Å². The van der Waals surface area contributed by atoms with Crippen LogP contribution in [0.15, 0.2) is 42.5 Å². The fourth-order valence-electron chi connectivity index (χ4n) is 3.25. The predicted octanol–water partition coefficient (Wildman–Crippen LogP) is 4.58. The summed E-state index contributed by atoms with van der Waals surface area (Å²) in [5.74, 6) is 0.824. The van der Waals surface area contributed by atoms with Gasteiger partial charge < -0.3 is 5.32 Å². The highest BCUT2D eigenvalue weighted by atomic mass is 15.6. The largest absolute Gasteiger partial charge is 0.373 e. The first-order valence-corrected chi connectivity index (χ1v) is 9.21. The van der Waals surface area contributed by atoms with Crippen LogP contribution in [0.2, 0.25) is 0 Å². The van der Waals surface area contributed by atoms with Gasteiger partial charge in [0.05, 0.1) is 11.2 Å². The first-order chi connectivity index (χ1) is 12.5. The molecule has 1 N–H and O–H groups in total. The van der Waals surface area contributed by atoms with Gasteiger partial charge in [0.25, 0.3) is 0 Å². The Balaban J connectivity index is 2.07. The van der Waals surface area contributed by atoms with Crippen molar-refractivity contribution in [2.75, 3.05) is 5.32 Å². The molecule has 0 aliphatic carbocycles. The SMILES string of the molecule is CCc1cccc(C)c1-n1nnnc1[C@@](C)(CC)Nc1ccc(C)cc1. The molecule has 0 saturated carbocycles. The van der Waals surface area contributed by atoms with E-state index in [1.54, 1.807) is 0 Å². The summed E-state index contributed by atoms with van der Waals surface area (Å²) in [5.41, 5.74) is 5.42. The third-order valence-electron chi connectivity index (χ3n) is 5.06. The molecule has 0 fully saturated rings. The van der Waals surface area contributed by atoms with Crippen molar-refractivity contribution in [1.82, 2.24) is 20.2 Å². The van der Waals surface area contributed by atoms with Crippen molar-refractivity contribution >= 4 is 5.69 Å². The molecule has 1 atom stereocenters. The van der Waals surface area contributed by atoms with Gasteiger partial charge in [-0.15, -0.1) is 5.10 Å². The maximum absolute atomic E-state index is 4.41. The highest BCUT2D eigenvalue weighted by Gasteiger charge is 2.32. The zero-order valence-corrected chi connectivity index (χ0v) is 16.2. The van der Waals surface area contributed by atoms with Crippen LogP contribution in [0.1, 0.15) is 49.7 Å². The maximum Gasteiger partial charge on any atom is 0.181 e. The fraction of sp³-hybridized carbons (Fsp3) is 0.381. The molecular weight excluding hydrogens is 322 g/mol. The molecule has 5 nitrogen and oxygen atoms in total. The molecule has 3 aromatic rings. The smallest absolute Gasteiger partial charge is 0.181 e. The number of aromatic nitrogens is 4. The highest BCUT2D eigenvalue weighted by molar-refractivity contribution is 5.50. The number of tetrazole rings is 1. The molecule has 5 heteroatoms. The van der Waals surface area contributed by atoms with Crippen molar-refractivity contribution in [2.45, 2.75) is 53.0 Å². The first kappa shape index (κ1) is 18.1. The van der Waals surface area contributed by atoms with Gasteiger partial charge in [-0.25, -0.2) is 0 Å². The van der Waals surface area contributed by atoms with Crippen LogP contribution in [0.25, 0.3) is 5.69 Å². The maximum atomic E-state index is 4.41. The summed E-state index contributed by atoms with van der Waals surface area (Å²) in [6.07, 6.45) is 1.79. The van der Waals surface area contributed by atoms with Crippen LogP contribution in [-0.4, -0.2) is 20.2 Å². The second-order valence-electron chi connectivity index (χ2n) is 7.03. The summed E-state index contributed by atoms with van der Waals surface area (Å²) >= 11 is 0. The molecule has 0 aliphatic rings. The number of benzene rings is 2. The third-order valence-corrected chi connectivity index (χ3v) is 5.06. The van der Waals surface area contributed by atoms with Crippen molar-refractivity contribution in [2.24, 2.45) is 0 Å². The molecule has 0 aliphatic heterocycles. The Labute approximate surface area is 155 Å². The lowest BCUT2D eigenvalue weighted by molar-refractivity contribution is 0.474. The van der Waals surface area contributed by atoms with Crippen molar-refractivity contribution in [1.29, 1.82) is 0 Å². The minimum Gasteiger partial charge on any atom is -0.373 e. The molecule has 0 bridgehead atoms. The minimum atomic E-state index is -0.383. The quantitative estimate of drug-likeness (QED) is 0.708. The van der Waals surface area contributed by atoms with E-state index < -0.39 is 0 Å². The van der Waals surface area contributed by atoms with E-state index in [9.17, 15) is 0 Å². The lowest BCUT2D eigenvalue weighted by Gasteiger charge is -2.30. The highest BCUT2D eigenvalue weighted by Crippen LogP contribution is 2.30. The minimum absolute atomic E-state index is 0.383. The van der Waals surface area contributed by atoms with E-state index in [1.807, 2.05) is 4.68 Å². The van der Waals surface area contributed by atoms with Gasteiger partial charge in [-0.2, -0.15) is 4.68 Å². The lowest BCUT2D eigenvalue weighted by atomic mass is 9.96. The first-order valence-electron chi connectivity index (χ1n) is 9.21. The van der Waals surface area contributed by atoms with Gasteiger partial charge in [0.15, 0.2) is 5.82 Å².